The lowest BCUT2D eigenvalue weighted by atomic mass is 9.77. The van der Waals surface area contributed by atoms with Gasteiger partial charge in [0.15, 0.2) is 64.3 Å². The molecular weight excluding hydrogens is 1520 g/mol. The largest absolute Gasteiger partial charge is 0.481 e. The van der Waals surface area contributed by atoms with E-state index < -0.39 is 287 Å². The van der Waals surface area contributed by atoms with Crippen molar-refractivity contribution in [2.75, 3.05) is 0 Å². The van der Waals surface area contributed by atoms with Crippen LogP contribution >= 0.6 is 0 Å². The molecule has 0 spiro atoms. The third-order valence-electron chi connectivity index (χ3n) is 14.7. The van der Waals surface area contributed by atoms with Gasteiger partial charge in [-0.25, -0.2) is 9.59 Å². The van der Waals surface area contributed by atoms with Crippen LogP contribution in [0.5, 0.6) is 103 Å². The van der Waals surface area contributed by atoms with E-state index in [-0.39, 0.29) is 0 Å². The van der Waals surface area contributed by atoms with Crippen LogP contribution in [0.3, 0.4) is 0 Å². The van der Waals surface area contributed by atoms with Crippen LogP contribution in [0.2, 0.25) is 0 Å². The average molecular weight is 1590 g/mol. The third-order valence-corrected chi connectivity index (χ3v) is 14.7. The highest BCUT2D eigenvalue weighted by molar-refractivity contribution is 5.95. The number of rotatable bonds is 23. The lowest BCUT2D eigenvalue weighted by Gasteiger charge is -2.42. The molecule has 0 fully saturated rings. The summed E-state index contributed by atoms with van der Waals surface area (Å²) in [5.41, 5.74) is -4.09. The maximum Gasteiger partial charge on any atom is 0.338 e. The molecule has 5 atom stereocenters. The van der Waals surface area contributed by atoms with Crippen LogP contribution in [-0.4, -0.2) is 120 Å². The summed E-state index contributed by atoms with van der Waals surface area (Å²) in [6.45, 7) is 14.4. The normalized spacial score (nSPS) is 14.8. The van der Waals surface area contributed by atoms with Crippen molar-refractivity contribution in [3.63, 3.8) is 0 Å². The van der Waals surface area contributed by atoms with Gasteiger partial charge in [-0.05, 0) is 48.5 Å². The Labute approximate surface area is 642 Å². The molecule has 0 N–H and O–H groups in total. The van der Waals surface area contributed by atoms with Crippen LogP contribution in [0, 0.1) is 0 Å². The van der Waals surface area contributed by atoms with E-state index in [0.717, 1.165) is 178 Å². The monoisotopic (exact) mass is 1590 g/mol. The molecular formula is C76H66O38. The number of benzene rings is 6. The van der Waals surface area contributed by atoms with E-state index >= 15 is 9.59 Å². The first-order valence-corrected chi connectivity index (χ1v) is 33.2. The Hall–Kier alpha value is -14.6. The van der Waals surface area contributed by atoms with Gasteiger partial charge in [-0.2, -0.15) is 0 Å². The Bertz CT molecular complexity index is 4960. The Morgan fingerprint density at radius 1 is 0.272 bits per heavy atom. The SMILES string of the molecule is CC(=O)Oc1cc(OC(C)=O)c2c(c1)OC(c1cc(OC(C)=O)c(OC(C)=O)c(OC(C)=O)c1)C(OC(=O)c1cc(OC(C)=O)c(OC(C)=O)c(OC(C)=O)c1)C2c1c(OC(C)=O)cc(OC(C)=O)c2c1OC(c1cc(OC(C)=O)c(OC(C)=O)c(OC(C)=O)c1)C(OC(=O)c1cc(OC(C)=O)c(OC(C)=O)c(OC(C)=O)c1)C2. The quantitative estimate of drug-likeness (QED) is 0.0434. The highest BCUT2D eigenvalue weighted by atomic mass is 16.6. The van der Waals surface area contributed by atoms with Gasteiger partial charge < -0.3 is 94.7 Å². The van der Waals surface area contributed by atoms with Gasteiger partial charge >= 0.3 is 107 Å². The zero-order valence-electron chi connectivity index (χ0n) is 63.0. The van der Waals surface area contributed by atoms with Gasteiger partial charge in [-0.3, -0.25) is 76.7 Å². The molecule has 2 aliphatic rings. The number of hydrogen-bond donors (Lipinski definition) is 0. The van der Waals surface area contributed by atoms with E-state index in [1.807, 2.05) is 0 Å². The smallest absolute Gasteiger partial charge is 0.338 e. The zero-order chi connectivity index (χ0) is 84.3. The molecule has 0 amide bonds. The minimum atomic E-state index is -2.45. The lowest BCUT2D eigenvalue weighted by Crippen LogP contribution is -2.41. The summed E-state index contributed by atoms with van der Waals surface area (Å²) >= 11 is 0. The predicted molar refractivity (Wildman–Crippen MR) is 370 cm³/mol. The van der Waals surface area contributed by atoms with E-state index in [0.29, 0.717) is 0 Å². The van der Waals surface area contributed by atoms with Crippen molar-refractivity contribution < 1.29 is 181 Å². The van der Waals surface area contributed by atoms with Crippen molar-refractivity contribution in [2.24, 2.45) is 0 Å². The van der Waals surface area contributed by atoms with Crippen molar-refractivity contribution in [1.82, 2.24) is 0 Å². The summed E-state index contributed by atoms with van der Waals surface area (Å²) < 4.78 is 116. The number of esters is 18. The van der Waals surface area contributed by atoms with Gasteiger partial charge in [0.2, 0.25) is 23.0 Å². The number of fused-ring (bicyclic) bond motifs is 2. The summed E-state index contributed by atoms with van der Waals surface area (Å²) in [5, 5.41) is 0. The Morgan fingerprint density at radius 3 is 0.877 bits per heavy atom. The molecule has 0 aromatic heterocycles. The first-order valence-electron chi connectivity index (χ1n) is 33.2. The molecule has 6 aromatic carbocycles. The molecule has 0 aliphatic carbocycles. The molecule has 0 radical (unpaired) electrons. The van der Waals surface area contributed by atoms with Gasteiger partial charge in [-0.15, -0.1) is 0 Å². The summed E-state index contributed by atoms with van der Waals surface area (Å²) in [6, 6.07) is 9.71. The maximum atomic E-state index is 16.0. The van der Waals surface area contributed by atoms with Crippen LogP contribution in [-0.2, 0) is 92.6 Å². The number of hydrogen-bond acceptors (Lipinski definition) is 38. The Kier molecular flexibility index (Phi) is 26.7. The Balaban J connectivity index is 1.63. The Morgan fingerprint density at radius 2 is 0.553 bits per heavy atom. The molecule has 2 heterocycles. The van der Waals surface area contributed by atoms with Crippen LogP contribution in [0.25, 0.3) is 0 Å². The van der Waals surface area contributed by atoms with Gasteiger partial charge in [-0.1, -0.05) is 0 Å². The van der Waals surface area contributed by atoms with Crippen molar-refractivity contribution >= 4 is 107 Å². The number of ether oxygens (including phenoxy) is 20. The standard InChI is InChI=1S/C76H66O38/c1-29(77)95-49-25-52(97-31(3)79)64-53(26-49)111-68(46-19-57(101-35(7)83)71(108-42(14)90)58(20-46)102-36(8)84)74(114-76(94)48-23-61(105-39(11)87)73(110-44(16)92)62(24-48)106-40(12)88)66(64)65-54(98-32(4)80)28-51(96-30(2)78)50-27-63(112-75(93)47-21-59(103-37(9)85)72(109-43(15)91)60(22-47)104-38(10)86)67(113-69(50)65)45-17-55(99-33(5)81)70(107-41(13)89)56(18-45)100-34(6)82/h17-26,28,63,66-68,74H,27H2,1-16H3. The van der Waals surface area contributed by atoms with Crippen LogP contribution in [0.4, 0.5) is 0 Å². The molecule has 6 aromatic rings. The second-order valence-corrected chi connectivity index (χ2v) is 24.3. The van der Waals surface area contributed by atoms with Gasteiger partial charge in [0.25, 0.3) is 0 Å². The molecule has 38 heteroatoms. The summed E-state index contributed by atoms with van der Waals surface area (Å²) in [7, 11) is 0. The van der Waals surface area contributed by atoms with E-state index in [1.54, 1.807) is 0 Å². The highest BCUT2D eigenvalue weighted by Crippen LogP contribution is 2.60. The van der Waals surface area contributed by atoms with Crippen LogP contribution in [0.1, 0.15) is 177 Å². The summed E-state index contributed by atoms with van der Waals surface area (Å²) in [4.78, 5) is 240. The van der Waals surface area contributed by atoms with Crippen LogP contribution in [0.15, 0.2) is 66.7 Å². The number of carbonyl (C=O) groups excluding carboxylic acids is 18. The fourth-order valence-corrected chi connectivity index (χ4v) is 11.5. The first-order chi connectivity index (χ1) is 53.4. The number of carbonyl (C=O) groups is 18. The molecule has 5 unspecified atom stereocenters. The average Bonchev–Trinajstić information content (AvgIpc) is 0.716. The molecule has 0 saturated heterocycles. The van der Waals surface area contributed by atoms with E-state index in [1.165, 1.54) is 0 Å². The zero-order valence-corrected chi connectivity index (χ0v) is 63.0. The topological polar surface area (TPSA) is 492 Å². The molecule has 114 heavy (non-hydrogen) atoms. The van der Waals surface area contributed by atoms with Gasteiger partial charge in [0.1, 0.15) is 40.6 Å². The highest BCUT2D eigenvalue weighted by Gasteiger charge is 2.52. The third kappa shape index (κ3) is 21.4. The second kappa shape index (κ2) is 35.8. The van der Waals surface area contributed by atoms with Crippen molar-refractivity contribution in [3.8, 4) is 103 Å². The second-order valence-electron chi connectivity index (χ2n) is 24.3. The molecule has 8 rings (SSSR count). The molecule has 2 aliphatic heterocycles. The molecule has 598 valence electrons. The minimum Gasteiger partial charge on any atom is -0.481 e. The molecule has 38 nitrogen and oxygen atoms in total. The summed E-state index contributed by atoms with van der Waals surface area (Å²) in [5.74, 6) is -36.3. The van der Waals surface area contributed by atoms with E-state index in [9.17, 15) is 76.7 Å². The lowest BCUT2D eigenvalue weighted by molar-refractivity contribution is -0.135. The molecule has 0 saturated carbocycles. The fraction of sp³-hybridized carbons (Fsp3) is 0.289. The van der Waals surface area contributed by atoms with Gasteiger partial charge in [0, 0.05) is 163 Å². The summed E-state index contributed by atoms with van der Waals surface area (Å²) in [6.07, 6.45) is -9.82. The van der Waals surface area contributed by atoms with Gasteiger partial charge in [0.05, 0.1) is 17.0 Å². The molecule has 0 bridgehead atoms. The van der Waals surface area contributed by atoms with Crippen molar-refractivity contribution in [2.45, 2.75) is 148 Å². The fourth-order valence-electron chi connectivity index (χ4n) is 11.5. The van der Waals surface area contributed by atoms with Crippen molar-refractivity contribution in [1.29, 1.82) is 0 Å². The van der Waals surface area contributed by atoms with E-state index in [2.05, 4.69) is 0 Å². The predicted octanol–water partition coefficient (Wildman–Crippen LogP) is 7.88. The maximum absolute atomic E-state index is 16.0. The van der Waals surface area contributed by atoms with Crippen LogP contribution < -0.4 is 85.3 Å². The first kappa shape index (κ1) is 85.0. The van der Waals surface area contributed by atoms with Crippen molar-refractivity contribution in [3.05, 3.63) is 106 Å². The van der Waals surface area contributed by atoms with E-state index in [4.69, 9.17) is 94.7 Å². The minimum absolute atomic E-state index is 0.445.